The predicted molar refractivity (Wildman–Crippen MR) is 124 cm³/mol. The Morgan fingerprint density at radius 3 is 2.61 bits per heavy atom. The molecule has 0 aliphatic carbocycles. The second kappa shape index (κ2) is 9.20. The second-order valence-electron chi connectivity index (χ2n) is 8.04. The number of rotatable bonds is 5. The summed E-state index contributed by atoms with van der Waals surface area (Å²) in [5.74, 6) is -0.282. The molecule has 5 nitrogen and oxygen atoms in total. The molecule has 1 saturated heterocycles. The van der Waals surface area contributed by atoms with Crippen LogP contribution in [0.3, 0.4) is 0 Å². The number of fused-ring (bicyclic) bond motifs is 1. The highest BCUT2D eigenvalue weighted by atomic mass is 35.5. The van der Waals surface area contributed by atoms with Gasteiger partial charge in [-0.2, -0.15) is 0 Å². The third kappa shape index (κ3) is 4.81. The number of carbonyl (C=O) groups excluding carboxylic acids is 1. The number of halogens is 2. The van der Waals surface area contributed by atoms with Crippen molar-refractivity contribution in [2.75, 3.05) is 30.4 Å². The zero-order valence-corrected chi connectivity index (χ0v) is 18.4. The van der Waals surface area contributed by atoms with Crippen LogP contribution >= 0.6 is 11.6 Å². The minimum atomic E-state index is -0.259. The van der Waals surface area contributed by atoms with E-state index in [4.69, 9.17) is 11.6 Å². The Balaban J connectivity index is 1.38. The molecule has 162 valence electrons. The normalized spacial score (nSPS) is 16.3. The van der Waals surface area contributed by atoms with Gasteiger partial charge >= 0.3 is 0 Å². The summed E-state index contributed by atoms with van der Waals surface area (Å²) in [5.41, 5.74) is 2.51. The Morgan fingerprint density at radius 1 is 1.19 bits per heavy atom. The fourth-order valence-electron chi connectivity index (χ4n) is 4.21. The number of hydrogen-bond acceptors (Lipinski definition) is 4. The molecule has 1 aromatic heterocycles. The van der Waals surface area contributed by atoms with Gasteiger partial charge in [0, 0.05) is 54.2 Å². The molecule has 0 spiro atoms. The summed E-state index contributed by atoms with van der Waals surface area (Å²) in [4.78, 5) is 21.5. The van der Waals surface area contributed by atoms with Crippen molar-refractivity contribution in [2.24, 2.45) is 0 Å². The van der Waals surface area contributed by atoms with Crippen LogP contribution in [-0.2, 0) is 4.79 Å². The van der Waals surface area contributed by atoms with Crippen molar-refractivity contribution in [3.8, 4) is 0 Å². The number of pyridine rings is 1. The lowest BCUT2D eigenvalue weighted by molar-refractivity contribution is -0.121. The van der Waals surface area contributed by atoms with Crippen molar-refractivity contribution in [2.45, 2.75) is 31.8 Å². The molecule has 1 amide bonds. The molecular weight excluding hydrogens is 415 g/mol. The Morgan fingerprint density at radius 2 is 1.90 bits per heavy atom. The van der Waals surface area contributed by atoms with Crippen LogP contribution in [-0.4, -0.2) is 48.0 Å². The summed E-state index contributed by atoms with van der Waals surface area (Å²) in [5, 5.41) is 4.42. The molecule has 4 rings (SSSR count). The Hall–Kier alpha value is -2.70. The van der Waals surface area contributed by atoms with Gasteiger partial charge in [0.05, 0.1) is 11.6 Å². The molecule has 2 aromatic carbocycles. The van der Waals surface area contributed by atoms with Crippen molar-refractivity contribution in [1.29, 1.82) is 0 Å². The quantitative estimate of drug-likeness (QED) is 0.609. The van der Waals surface area contributed by atoms with Crippen LogP contribution < -0.4 is 10.2 Å². The molecule has 7 heteroatoms. The van der Waals surface area contributed by atoms with Crippen LogP contribution in [0.15, 0.2) is 54.7 Å². The van der Waals surface area contributed by atoms with Crippen molar-refractivity contribution < 1.29 is 9.18 Å². The van der Waals surface area contributed by atoms with Gasteiger partial charge in [0.25, 0.3) is 0 Å². The molecule has 31 heavy (non-hydrogen) atoms. The van der Waals surface area contributed by atoms with E-state index in [-0.39, 0.29) is 17.8 Å². The first-order valence-corrected chi connectivity index (χ1v) is 10.9. The standard InChI is InChI=1S/C24H26ClFN4O/c1-16(24(31)28-19-6-3-17(25)4-7-19)30-13-10-20(11-14-30)29(2)23-9-12-27-22-8-5-18(26)15-21(22)23/h3-9,12,15-16,20H,10-11,13-14H2,1-2H3,(H,28,31). The third-order valence-electron chi connectivity index (χ3n) is 6.15. The Labute approximate surface area is 186 Å². The molecule has 1 N–H and O–H groups in total. The van der Waals surface area contributed by atoms with E-state index in [0.717, 1.165) is 48.2 Å². The molecule has 1 fully saturated rings. The van der Waals surface area contributed by atoms with E-state index in [9.17, 15) is 9.18 Å². The van der Waals surface area contributed by atoms with E-state index in [2.05, 4.69) is 27.1 Å². The summed E-state index contributed by atoms with van der Waals surface area (Å²) < 4.78 is 13.8. The van der Waals surface area contributed by atoms with E-state index >= 15 is 0 Å². The van der Waals surface area contributed by atoms with E-state index in [0.29, 0.717) is 11.1 Å². The van der Waals surface area contributed by atoms with Crippen LogP contribution in [0.2, 0.25) is 5.02 Å². The van der Waals surface area contributed by atoms with Crippen molar-refractivity contribution in [3.63, 3.8) is 0 Å². The summed E-state index contributed by atoms with van der Waals surface area (Å²) >= 11 is 5.91. The van der Waals surface area contributed by atoms with Crippen molar-refractivity contribution >= 4 is 39.8 Å². The largest absolute Gasteiger partial charge is 0.371 e. The molecule has 3 aromatic rings. The van der Waals surface area contributed by atoms with E-state index < -0.39 is 0 Å². The number of aromatic nitrogens is 1. The highest BCUT2D eigenvalue weighted by Gasteiger charge is 2.29. The number of anilines is 2. The highest BCUT2D eigenvalue weighted by molar-refractivity contribution is 6.30. The van der Waals surface area contributed by atoms with Gasteiger partial charge in [0.1, 0.15) is 5.82 Å². The van der Waals surface area contributed by atoms with Crippen molar-refractivity contribution in [3.05, 3.63) is 65.6 Å². The molecule has 0 saturated carbocycles. The van der Waals surface area contributed by atoms with Gasteiger partial charge in [-0.25, -0.2) is 4.39 Å². The number of benzene rings is 2. The van der Waals surface area contributed by atoms with Crippen LogP contribution in [0, 0.1) is 5.82 Å². The summed E-state index contributed by atoms with van der Waals surface area (Å²) in [6.07, 6.45) is 3.62. The van der Waals surface area contributed by atoms with Gasteiger partial charge in [-0.1, -0.05) is 11.6 Å². The molecule has 1 unspecified atom stereocenters. The Bertz CT molecular complexity index is 1070. The second-order valence-corrected chi connectivity index (χ2v) is 8.48. The van der Waals surface area contributed by atoms with E-state index in [1.165, 1.54) is 6.07 Å². The number of nitrogens with one attached hydrogen (secondary N) is 1. The average molecular weight is 441 g/mol. The molecule has 1 aliphatic heterocycles. The van der Waals surface area contributed by atoms with Gasteiger partial charge in [-0.3, -0.25) is 14.7 Å². The lowest BCUT2D eigenvalue weighted by Gasteiger charge is -2.40. The lowest BCUT2D eigenvalue weighted by Crippen LogP contribution is -2.50. The maximum atomic E-state index is 13.8. The maximum absolute atomic E-state index is 13.8. The molecule has 2 heterocycles. The van der Waals surface area contributed by atoms with Gasteiger partial charge in [-0.05, 0) is 68.3 Å². The smallest absolute Gasteiger partial charge is 0.241 e. The lowest BCUT2D eigenvalue weighted by atomic mass is 10.0. The third-order valence-corrected chi connectivity index (χ3v) is 6.40. The first-order valence-electron chi connectivity index (χ1n) is 10.5. The van der Waals surface area contributed by atoms with Gasteiger partial charge in [0.15, 0.2) is 0 Å². The monoisotopic (exact) mass is 440 g/mol. The van der Waals surface area contributed by atoms with E-state index in [1.807, 2.05) is 13.0 Å². The SMILES string of the molecule is CC(C(=O)Nc1ccc(Cl)cc1)N1CCC(N(C)c2ccnc3ccc(F)cc23)CC1. The molecule has 1 aliphatic rings. The number of carbonyl (C=O) groups is 1. The molecule has 1 atom stereocenters. The number of likely N-dealkylation sites (tertiary alicyclic amines) is 1. The minimum Gasteiger partial charge on any atom is -0.371 e. The van der Waals surface area contributed by atoms with Crippen LogP contribution in [0.25, 0.3) is 10.9 Å². The van der Waals surface area contributed by atoms with Gasteiger partial charge in [-0.15, -0.1) is 0 Å². The first-order chi connectivity index (χ1) is 14.9. The van der Waals surface area contributed by atoms with Crippen molar-refractivity contribution in [1.82, 2.24) is 9.88 Å². The van der Waals surface area contributed by atoms with Crippen LogP contribution in [0.1, 0.15) is 19.8 Å². The van der Waals surface area contributed by atoms with Crippen LogP contribution in [0.5, 0.6) is 0 Å². The average Bonchev–Trinajstić information content (AvgIpc) is 2.79. The molecule has 0 bridgehead atoms. The predicted octanol–water partition coefficient (Wildman–Crippen LogP) is 4.96. The molecule has 0 radical (unpaired) electrons. The zero-order valence-electron chi connectivity index (χ0n) is 17.7. The number of hydrogen-bond donors (Lipinski definition) is 1. The summed E-state index contributed by atoms with van der Waals surface area (Å²) in [6, 6.07) is 13.9. The summed E-state index contributed by atoms with van der Waals surface area (Å²) in [6.45, 7) is 3.58. The first kappa shape index (κ1) is 21.5. The number of amides is 1. The highest BCUT2D eigenvalue weighted by Crippen LogP contribution is 2.29. The Kier molecular flexibility index (Phi) is 6.39. The molecular formula is C24H26ClFN4O. The fourth-order valence-corrected chi connectivity index (χ4v) is 4.34. The summed E-state index contributed by atoms with van der Waals surface area (Å²) in [7, 11) is 2.05. The minimum absolute atomic E-state index is 0.0234. The van der Waals surface area contributed by atoms with Crippen LogP contribution in [0.4, 0.5) is 15.8 Å². The fraction of sp³-hybridized carbons (Fsp3) is 0.333. The zero-order chi connectivity index (χ0) is 22.0. The van der Waals surface area contributed by atoms with E-state index in [1.54, 1.807) is 42.6 Å². The number of piperidine rings is 1. The number of nitrogens with zero attached hydrogens (tertiary/aromatic N) is 3. The van der Waals surface area contributed by atoms with Gasteiger partial charge < -0.3 is 10.2 Å². The van der Waals surface area contributed by atoms with Gasteiger partial charge in [0.2, 0.25) is 5.91 Å². The maximum Gasteiger partial charge on any atom is 0.241 e. The topological polar surface area (TPSA) is 48.5 Å².